The number of nitrogens with zero attached hydrogens (tertiary/aromatic N) is 2. The van der Waals surface area contributed by atoms with Crippen LogP contribution >= 0.6 is 0 Å². The number of nitrogens with one attached hydrogen (secondary N) is 1. The van der Waals surface area contributed by atoms with Gasteiger partial charge in [-0.25, -0.2) is 0 Å². The Morgan fingerprint density at radius 1 is 1.50 bits per heavy atom. The number of carbonyl (C=O) groups excluding carboxylic acids is 1. The Balaban J connectivity index is 1.79. The molecule has 1 spiro atoms. The molecule has 0 aromatic heterocycles. The molecular formula is C14H23N3O. The first-order chi connectivity index (χ1) is 8.51. The number of amidine groups is 1. The molecule has 1 N–H and O–H groups in total. The van der Waals surface area contributed by atoms with Crippen LogP contribution in [0.5, 0.6) is 0 Å². The van der Waals surface area contributed by atoms with Crippen molar-refractivity contribution in [3.63, 3.8) is 0 Å². The summed E-state index contributed by atoms with van der Waals surface area (Å²) in [6.45, 7) is 9.77. The Hall–Kier alpha value is -0.900. The minimum Gasteiger partial charge on any atom is -0.313 e. The Morgan fingerprint density at radius 3 is 2.89 bits per heavy atom. The number of hydrogen-bond donors (Lipinski definition) is 1. The smallest absolute Gasteiger partial charge is 0.253 e. The van der Waals surface area contributed by atoms with E-state index in [1.807, 2.05) is 6.92 Å². The fraction of sp³-hybridized carbons (Fsp3) is 0.857. The molecule has 0 aromatic rings. The van der Waals surface area contributed by atoms with Crippen molar-refractivity contribution in [2.75, 3.05) is 19.6 Å². The van der Waals surface area contributed by atoms with Crippen LogP contribution in [0.15, 0.2) is 4.99 Å². The van der Waals surface area contributed by atoms with Crippen molar-refractivity contribution in [1.82, 2.24) is 10.2 Å². The van der Waals surface area contributed by atoms with Crippen LogP contribution in [-0.4, -0.2) is 41.8 Å². The van der Waals surface area contributed by atoms with Gasteiger partial charge >= 0.3 is 0 Å². The molecule has 1 saturated heterocycles. The van der Waals surface area contributed by atoms with Crippen LogP contribution in [0.3, 0.4) is 0 Å². The van der Waals surface area contributed by atoms with Crippen LogP contribution in [-0.2, 0) is 4.79 Å². The average molecular weight is 249 g/mol. The number of fused-ring (bicyclic) bond motifs is 2. The van der Waals surface area contributed by atoms with Crippen LogP contribution in [0, 0.1) is 17.8 Å². The predicted octanol–water partition coefficient (Wildman–Crippen LogP) is 1.27. The van der Waals surface area contributed by atoms with E-state index in [0.29, 0.717) is 17.8 Å². The van der Waals surface area contributed by atoms with Crippen molar-refractivity contribution in [2.24, 2.45) is 22.7 Å². The van der Waals surface area contributed by atoms with Gasteiger partial charge in [0.2, 0.25) is 0 Å². The van der Waals surface area contributed by atoms with Gasteiger partial charge in [0.05, 0.1) is 0 Å². The van der Waals surface area contributed by atoms with Crippen molar-refractivity contribution >= 4 is 11.7 Å². The summed E-state index contributed by atoms with van der Waals surface area (Å²) >= 11 is 0. The SMILES string of the molecule is CC1=N[C@@]2(CC[C@@H]3CN(CC(C)C)C[C@@H]32)C(=O)N1. The molecule has 2 heterocycles. The molecule has 0 aromatic carbocycles. The second-order valence-electron chi connectivity index (χ2n) is 6.59. The molecule has 18 heavy (non-hydrogen) atoms. The molecule has 4 nitrogen and oxygen atoms in total. The van der Waals surface area contributed by atoms with E-state index >= 15 is 0 Å². The minimum atomic E-state index is -0.416. The molecule has 4 heteroatoms. The third-order valence-electron chi connectivity index (χ3n) is 4.70. The van der Waals surface area contributed by atoms with Crippen LogP contribution < -0.4 is 5.32 Å². The van der Waals surface area contributed by atoms with Gasteiger partial charge in [-0.15, -0.1) is 0 Å². The number of rotatable bonds is 2. The standard InChI is InChI=1S/C14H23N3O/c1-9(2)6-17-7-11-4-5-14(12(11)8-17)13(18)15-10(3)16-14/h9,11-12H,4-8H2,1-3H3,(H,15,16,18)/t11-,12+,14-/m1/s1. The summed E-state index contributed by atoms with van der Waals surface area (Å²) in [5.41, 5.74) is -0.416. The highest BCUT2D eigenvalue weighted by Crippen LogP contribution is 2.48. The molecule has 0 radical (unpaired) electrons. The fourth-order valence-electron chi connectivity index (χ4n) is 4.12. The summed E-state index contributed by atoms with van der Waals surface area (Å²) < 4.78 is 0. The topological polar surface area (TPSA) is 44.7 Å². The van der Waals surface area contributed by atoms with Gasteiger partial charge in [-0.05, 0) is 31.6 Å². The summed E-state index contributed by atoms with van der Waals surface area (Å²) in [5, 5.41) is 2.91. The lowest BCUT2D eigenvalue weighted by molar-refractivity contribution is -0.125. The minimum absolute atomic E-state index is 0.152. The Kier molecular flexibility index (Phi) is 2.73. The fourth-order valence-corrected chi connectivity index (χ4v) is 4.12. The van der Waals surface area contributed by atoms with Crippen molar-refractivity contribution < 1.29 is 4.79 Å². The molecule has 3 rings (SSSR count). The highest BCUT2D eigenvalue weighted by molar-refractivity contribution is 6.07. The zero-order valence-electron chi connectivity index (χ0n) is 11.6. The van der Waals surface area contributed by atoms with Crippen molar-refractivity contribution in [1.29, 1.82) is 0 Å². The van der Waals surface area contributed by atoms with E-state index in [4.69, 9.17) is 0 Å². The van der Waals surface area contributed by atoms with E-state index < -0.39 is 5.54 Å². The molecule has 0 bridgehead atoms. The highest BCUT2D eigenvalue weighted by Gasteiger charge is 2.58. The summed E-state index contributed by atoms with van der Waals surface area (Å²) in [7, 11) is 0. The van der Waals surface area contributed by atoms with Crippen molar-refractivity contribution in [2.45, 2.75) is 39.2 Å². The Labute approximate surface area is 109 Å². The molecule has 2 aliphatic heterocycles. The van der Waals surface area contributed by atoms with Gasteiger partial charge < -0.3 is 10.2 Å². The van der Waals surface area contributed by atoms with Crippen molar-refractivity contribution in [3.05, 3.63) is 0 Å². The maximum absolute atomic E-state index is 12.2. The second-order valence-corrected chi connectivity index (χ2v) is 6.59. The first-order valence-corrected chi connectivity index (χ1v) is 7.11. The first kappa shape index (κ1) is 12.2. The maximum atomic E-state index is 12.2. The predicted molar refractivity (Wildman–Crippen MR) is 71.5 cm³/mol. The number of aliphatic imine (C=N–C) groups is 1. The zero-order valence-corrected chi connectivity index (χ0v) is 11.6. The molecule has 3 aliphatic rings. The van der Waals surface area contributed by atoms with Gasteiger partial charge in [0, 0.05) is 25.6 Å². The van der Waals surface area contributed by atoms with Crippen LogP contribution in [0.25, 0.3) is 0 Å². The van der Waals surface area contributed by atoms with Gasteiger partial charge in [-0.1, -0.05) is 13.8 Å². The summed E-state index contributed by atoms with van der Waals surface area (Å²) in [5.74, 6) is 2.77. The van der Waals surface area contributed by atoms with Crippen LogP contribution in [0.4, 0.5) is 0 Å². The monoisotopic (exact) mass is 249 g/mol. The zero-order chi connectivity index (χ0) is 12.9. The van der Waals surface area contributed by atoms with E-state index in [9.17, 15) is 4.79 Å². The third kappa shape index (κ3) is 1.69. The highest BCUT2D eigenvalue weighted by atomic mass is 16.2. The van der Waals surface area contributed by atoms with E-state index in [-0.39, 0.29) is 5.91 Å². The lowest BCUT2D eigenvalue weighted by atomic mass is 9.85. The quantitative estimate of drug-likeness (QED) is 0.801. The largest absolute Gasteiger partial charge is 0.313 e. The molecule has 1 saturated carbocycles. The van der Waals surface area contributed by atoms with E-state index in [1.54, 1.807) is 0 Å². The maximum Gasteiger partial charge on any atom is 0.253 e. The van der Waals surface area contributed by atoms with Crippen molar-refractivity contribution in [3.8, 4) is 0 Å². The van der Waals surface area contributed by atoms with Crippen LogP contribution in [0.1, 0.15) is 33.6 Å². The third-order valence-corrected chi connectivity index (χ3v) is 4.70. The van der Waals surface area contributed by atoms with Gasteiger partial charge in [-0.2, -0.15) is 0 Å². The molecular weight excluding hydrogens is 226 g/mol. The lowest BCUT2D eigenvalue weighted by Crippen LogP contribution is -2.44. The van der Waals surface area contributed by atoms with E-state index in [0.717, 1.165) is 38.3 Å². The van der Waals surface area contributed by atoms with Gasteiger partial charge in [0.15, 0.2) is 0 Å². The van der Waals surface area contributed by atoms with Gasteiger partial charge in [-0.3, -0.25) is 9.79 Å². The summed E-state index contributed by atoms with van der Waals surface area (Å²) in [6.07, 6.45) is 2.10. The normalized spacial score (nSPS) is 39.6. The summed E-state index contributed by atoms with van der Waals surface area (Å²) in [6, 6.07) is 0. The Morgan fingerprint density at radius 2 is 2.28 bits per heavy atom. The number of hydrogen-bond acceptors (Lipinski definition) is 3. The van der Waals surface area contributed by atoms with Crippen LogP contribution in [0.2, 0.25) is 0 Å². The van der Waals surface area contributed by atoms with E-state index in [1.165, 1.54) is 0 Å². The molecule has 1 amide bonds. The lowest BCUT2D eigenvalue weighted by Gasteiger charge is -2.26. The Bertz CT molecular complexity index is 404. The molecule has 2 fully saturated rings. The summed E-state index contributed by atoms with van der Waals surface area (Å²) in [4.78, 5) is 19.4. The van der Waals surface area contributed by atoms with E-state index in [2.05, 4.69) is 29.1 Å². The number of likely N-dealkylation sites (tertiary alicyclic amines) is 1. The van der Waals surface area contributed by atoms with Gasteiger partial charge in [0.1, 0.15) is 11.4 Å². The average Bonchev–Trinajstić information content (AvgIpc) is 2.85. The number of carbonyl (C=O) groups is 1. The molecule has 1 aliphatic carbocycles. The number of amides is 1. The van der Waals surface area contributed by atoms with Gasteiger partial charge in [0.25, 0.3) is 5.91 Å². The first-order valence-electron chi connectivity index (χ1n) is 7.11. The molecule has 0 unspecified atom stereocenters. The molecule has 100 valence electrons. The molecule has 3 atom stereocenters. The second kappa shape index (κ2) is 4.05.